The predicted octanol–water partition coefficient (Wildman–Crippen LogP) is 2.17. The summed E-state index contributed by atoms with van der Waals surface area (Å²) in [6.07, 6.45) is 3.81. The van der Waals surface area contributed by atoms with Gasteiger partial charge in [-0.2, -0.15) is 0 Å². The van der Waals surface area contributed by atoms with Gasteiger partial charge in [-0.25, -0.2) is 9.97 Å². The van der Waals surface area contributed by atoms with E-state index in [1.165, 1.54) is 0 Å². The molecule has 1 aromatic heterocycles. The molecule has 0 saturated heterocycles. The van der Waals surface area contributed by atoms with Gasteiger partial charge in [-0.05, 0) is 25.5 Å². The van der Waals surface area contributed by atoms with Crippen molar-refractivity contribution < 1.29 is 0 Å². The minimum atomic E-state index is 0.348. The molecule has 4 nitrogen and oxygen atoms in total. The largest absolute Gasteiger partial charge is 0.351 e. The summed E-state index contributed by atoms with van der Waals surface area (Å²) in [5.41, 5.74) is 6.53. The molecule has 1 aromatic carbocycles. The number of hydrogen-bond acceptors (Lipinski definition) is 4. The zero-order valence-corrected chi connectivity index (χ0v) is 10.1. The molecule has 2 rings (SSSR count). The van der Waals surface area contributed by atoms with Gasteiger partial charge in [-0.15, -0.1) is 0 Å². The second-order valence-electron chi connectivity index (χ2n) is 4.08. The van der Waals surface area contributed by atoms with Gasteiger partial charge in [0.05, 0.1) is 5.52 Å². The third-order valence-corrected chi connectivity index (χ3v) is 2.83. The number of para-hydroxylation sites is 1. The second-order valence-corrected chi connectivity index (χ2v) is 4.08. The molecule has 0 aliphatic heterocycles. The van der Waals surface area contributed by atoms with E-state index in [0.29, 0.717) is 18.5 Å². The predicted molar refractivity (Wildman–Crippen MR) is 70.9 cm³/mol. The molecule has 90 valence electrons. The van der Waals surface area contributed by atoms with Crippen molar-refractivity contribution in [3.8, 4) is 0 Å². The molecule has 0 amide bonds. The summed E-state index contributed by atoms with van der Waals surface area (Å²) in [7, 11) is 0. The molecule has 0 aliphatic carbocycles. The Hall–Kier alpha value is -1.68. The SMILES string of the molecule is CCC(CCN)Nc1ncc2ccccc2n1. The molecule has 0 radical (unpaired) electrons. The van der Waals surface area contributed by atoms with Crippen molar-refractivity contribution in [2.24, 2.45) is 5.73 Å². The lowest BCUT2D eigenvalue weighted by atomic mass is 10.1. The van der Waals surface area contributed by atoms with E-state index in [-0.39, 0.29) is 0 Å². The fourth-order valence-electron chi connectivity index (χ4n) is 1.80. The molecule has 0 bridgehead atoms. The summed E-state index contributed by atoms with van der Waals surface area (Å²) in [5, 5.41) is 4.38. The first kappa shape index (κ1) is 11.8. The normalized spacial score (nSPS) is 12.6. The number of hydrogen-bond donors (Lipinski definition) is 2. The van der Waals surface area contributed by atoms with Crippen LogP contribution in [0.25, 0.3) is 10.9 Å². The summed E-state index contributed by atoms with van der Waals surface area (Å²) in [4.78, 5) is 8.80. The van der Waals surface area contributed by atoms with Crippen molar-refractivity contribution >= 4 is 16.9 Å². The maximum absolute atomic E-state index is 5.57. The lowest BCUT2D eigenvalue weighted by Crippen LogP contribution is -2.23. The summed E-state index contributed by atoms with van der Waals surface area (Å²) >= 11 is 0. The Balaban J connectivity index is 2.18. The molecule has 1 unspecified atom stereocenters. The molecule has 0 saturated carbocycles. The second kappa shape index (κ2) is 5.59. The first-order chi connectivity index (χ1) is 8.33. The van der Waals surface area contributed by atoms with Crippen molar-refractivity contribution in [2.45, 2.75) is 25.8 Å². The summed E-state index contributed by atoms with van der Waals surface area (Å²) in [6, 6.07) is 8.32. The maximum Gasteiger partial charge on any atom is 0.223 e. The van der Waals surface area contributed by atoms with Gasteiger partial charge in [0, 0.05) is 17.6 Å². The van der Waals surface area contributed by atoms with Crippen LogP contribution in [-0.4, -0.2) is 22.6 Å². The minimum Gasteiger partial charge on any atom is -0.351 e. The lowest BCUT2D eigenvalue weighted by Gasteiger charge is -2.15. The first-order valence-corrected chi connectivity index (χ1v) is 6.02. The van der Waals surface area contributed by atoms with Crippen LogP contribution in [0.1, 0.15) is 19.8 Å². The Labute approximate surface area is 101 Å². The van der Waals surface area contributed by atoms with E-state index in [1.54, 1.807) is 0 Å². The van der Waals surface area contributed by atoms with Crippen LogP contribution in [0.3, 0.4) is 0 Å². The number of nitrogens with two attached hydrogens (primary N) is 1. The highest BCUT2D eigenvalue weighted by Gasteiger charge is 2.06. The minimum absolute atomic E-state index is 0.348. The zero-order chi connectivity index (χ0) is 12.1. The average Bonchev–Trinajstić information content (AvgIpc) is 2.38. The van der Waals surface area contributed by atoms with Gasteiger partial charge in [-0.1, -0.05) is 25.1 Å². The molecular formula is C13H18N4. The van der Waals surface area contributed by atoms with Crippen LogP contribution in [-0.2, 0) is 0 Å². The van der Waals surface area contributed by atoms with Crippen molar-refractivity contribution in [2.75, 3.05) is 11.9 Å². The Morgan fingerprint density at radius 3 is 2.94 bits per heavy atom. The zero-order valence-electron chi connectivity index (χ0n) is 10.1. The topological polar surface area (TPSA) is 63.8 Å². The molecule has 2 aromatic rings. The van der Waals surface area contributed by atoms with Crippen LogP contribution in [0, 0.1) is 0 Å². The van der Waals surface area contributed by atoms with Crippen molar-refractivity contribution in [3.63, 3.8) is 0 Å². The summed E-state index contributed by atoms with van der Waals surface area (Å²) < 4.78 is 0. The molecule has 0 spiro atoms. The number of rotatable bonds is 5. The summed E-state index contributed by atoms with van der Waals surface area (Å²) in [5.74, 6) is 0.684. The third-order valence-electron chi connectivity index (χ3n) is 2.83. The molecule has 0 aliphatic rings. The molecule has 0 fully saturated rings. The number of anilines is 1. The van der Waals surface area contributed by atoms with Crippen LogP contribution >= 0.6 is 0 Å². The monoisotopic (exact) mass is 230 g/mol. The van der Waals surface area contributed by atoms with Crippen molar-refractivity contribution in [3.05, 3.63) is 30.5 Å². The van der Waals surface area contributed by atoms with Crippen LogP contribution in [0.5, 0.6) is 0 Å². The van der Waals surface area contributed by atoms with Crippen LogP contribution in [0.15, 0.2) is 30.5 Å². The Morgan fingerprint density at radius 1 is 1.35 bits per heavy atom. The quantitative estimate of drug-likeness (QED) is 0.826. The van der Waals surface area contributed by atoms with Crippen LogP contribution in [0.2, 0.25) is 0 Å². The Morgan fingerprint density at radius 2 is 2.18 bits per heavy atom. The molecule has 1 atom stereocenters. The standard InChI is InChI=1S/C13H18N4/c1-2-11(7-8-14)16-13-15-9-10-5-3-4-6-12(10)17-13/h3-6,9,11H,2,7-8,14H2,1H3,(H,15,16,17). The van der Waals surface area contributed by atoms with E-state index in [9.17, 15) is 0 Å². The van der Waals surface area contributed by atoms with E-state index in [0.717, 1.165) is 23.7 Å². The summed E-state index contributed by atoms with van der Waals surface area (Å²) in [6.45, 7) is 2.81. The fraction of sp³-hybridized carbons (Fsp3) is 0.385. The van der Waals surface area contributed by atoms with Gasteiger partial charge in [-0.3, -0.25) is 0 Å². The van der Waals surface area contributed by atoms with E-state index in [1.807, 2.05) is 30.5 Å². The first-order valence-electron chi connectivity index (χ1n) is 6.02. The van der Waals surface area contributed by atoms with E-state index in [4.69, 9.17) is 5.73 Å². The Kier molecular flexibility index (Phi) is 3.88. The third kappa shape index (κ3) is 2.91. The number of fused-ring (bicyclic) bond motifs is 1. The lowest BCUT2D eigenvalue weighted by molar-refractivity contribution is 0.637. The van der Waals surface area contributed by atoms with Gasteiger partial charge >= 0.3 is 0 Å². The molecule has 3 N–H and O–H groups in total. The molecule has 1 heterocycles. The van der Waals surface area contributed by atoms with Gasteiger partial charge in [0.1, 0.15) is 0 Å². The number of aromatic nitrogens is 2. The highest BCUT2D eigenvalue weighted by molar-refractivity contribution is 5.78. The van der Waals surface area contributed by atoms with E-state index < -0.39 is 0 Å². The van der Waals surface area contributed by atoms with Gasteiger partial charge in [0.25, 0.3) is 0 Å². The smallest absolute Gasteiger partial charge is 0.223 e. The van der Waals surface area contributed by atoms with Crippen LogP contribution in [0.4, 0.5) is 5.95 Å². The Bertz CT molecular complexity index is 484. The number of nitrogens with one attached hydrogen (secondary N) is 1. The number of benzene rings is 1. The molecule has 4 heteroatoms. The maximum atomic E-state index is 5.57. The molecular weight excluding hydrogens is 212 g/mol. The van der Waals surface area contributed by atoms with Gasteiger partial charge < -0.3 is 11.1 Å². The molecule has 17 heavy (non-hydrogen) atoms. The number of nitrogens with zero attached hydrogens (tertiary/aromatic N) is 2. The van der Waals surface area contributed by atoms with Crippen LogP contribution < -0.4 is 11.1 Å². The van der Waals surface area contributed by atoms with E-state index in [2.05, 4.69) is 22.2 Å². The van der Waals surface area contributed by atoms with Gasteiger partial charge in [0.15, 0.2) is 0 Å². The average molecular weight is 230 g/mol. The van der Waals surface area contributed by atoms with Gasteiger partial charge in [0.2, 0.25) is 5.95 Å². The highest BCUT2D eigenvalue weighted by Crippen LogP contribution is 2.13. The van der Waals surface area contributed by atoms with E-state index >= 15 is 0 Å². The van der Waals surface area contributed by atoms with Crippen molar-refractivity contribution in [1.29, 1.82) is 0 Å². The van der Waals surface area contributed by atoms with Crippen molar-refractivity contribution in [1.82, 2.24) is 9.97 Å². The fourth-order valence-corrected chi connectivity index (χ4v) is 1.80. The highest BCUT2D eigenvalue weighted by atomic mass is 15.1.